The molecular weight excluding hydrogens is 322 g/mol. The summed E-state index contributed by atoms with van der Waals surface area (Å²) in [5.74, 6) is 0.479. The first-order chi connectivity index (χ1) is 12.1. The third kappa shape index (κ3) is 4.05. The second kappa shape index (κ2) is 7.35. The predicted molar refractivity (Wildman–Crippen MR) is 90.0 cm³/mol. The van der Waals surface area contributed by atoms with Crippen LogP contribution < -0.4 is 5.32 Å². The molecule has 0 spiro atoms. The van der Waals surface area contributed by atoms with Gasteiger partial charge in [-0.25, -0.2) is 9.67 Å². The average Bonchev–Trinajstić information content (AvgIpc) is 3.15. The van der Waals surface area contributed by atoms with Crippen molar-refractivity contribution >= 4 is 11.6 Å². The molecule has 0 saturated heterocycles. The molecule has 1 N–H and O–H groups in total. The molecule has 0 fully saturated rings. The Labute approximate surface area is 143 Å². The van der Waals surface area contributed by atoms with Crippen molar-refractivity contribution in [3.8, 4) is 5.82 Å². The molecule has 1 amide bonds. The van der Waals surface area contributed by atoms with E-state index >= 15 is 0 Å². The molecule has 0 unspecified atom stereocenters. The minimum absolute atomic E-state index is 0.00313. The molecule has 3 aromatic rings. The average molecular weight is 337 g/mol. The first-order valence-corrected chi connectivity index (χ1v) is 7.57. The number of nitrogens with zero attached hydrogens (tertiary/aromatic N) is 4. The summed E-state index contributed by atoms with van der Waals surface area (Å²) in [6.07, 6.45) is 5.25. The summed E-state index contributed by atoms with van der Waals surface area (Å²) in [6, 6.07) is 11.4. The van der Waals surface area contributed by atoms with E-state index in [9.17, 15) is 14.9 Å². The van der Waals surface area contributed by atoms with Crippen LogP contribution in [0.2, 0.25) is 0 Å². The van der Waals surface area contributed by atoms with Gasteiger partial charge in [0, 0.05) is 42.8 Å². The molecule has 0 saturated carbocycles. The van der Waals surface area contributed by atoms with E-state index in [1.54, 1.807) is 47.5 Å². The van der Waals surface area contributed by atoms with Crippen LogP contribution in [-0.2, 0) is 17.8 Å². The standard InChI is InChI=1S/C17H15N5O3/c23-16(11-13-4-6-15(7-5-13)22(24)25)19-12-14-3-1-8-18-17(14)21-10-2-9-20-21/h1-10H,11-12H2,(H,19,23). The van der Waals surface area contributed by atoms with E-state index in [2.05, 4.69) is 15.4 Å². The molecule has 2 aromatic heterocycles. The largest absolute Gasteiger partial charge is 0.352 e. The van der Waals surface area contributed by atoms with Gasteiger partial charge in [-0.05, 0) is 17.7 Å². The summed E-state index contributed by atoms with van der Waals surface area (Å²) < 4.78 is 1.64. The summed E-state index contributed by atoms with van der Waals surface area (Å²) in [5, 5.41) is 17.6. The first-order valence-electron chi connectivity index (χ1n) is 7.57. The highest BCUT2D eigenvalue weighted by atomic mass is 16.6. The van der Waals surface area contributed by atoms with E-state index in [0.29, 0.717) is 17.9 Å². The molecular formula is C17H15N5O3. The third-order valence-electron chi connectivity index (χ3n) is 3.58. The number of amides is 1. The maximum atomic E-state index is 12.1. The number of hydrogen-bond acceptors (Lipinski definition) is 5. The zero-order valence-corrected chi connectivity index (χ0v) is 13.2. The predicted octanol–water partition coefficient (Wildman–Crippen LogP) is 2.03. The Morgan fingerprint density at radius 1 is 1.16 bits per heavy atom. The Morgan fingerprint density at radius 2 is 1.96 bits per heavy atom. The van der Waals surface area contributed by atoms with Gasteiger partial charge in [-0.1, -0.05) is 18.2 Å². The van der Waals surface area contributed by atoms with E-state index in [1.165, 1.54) is 12.1 Å². The normalized spacial score (nSPS) is 10.4. The van der Waals surface area contributed by atoms with E-state index in [0.717, 1.165) is 5.56 Å². The highest BCUT2D eigenvalue weighted by molar-refractivity contribution is 5.78. The highest BCUT2D eigenvalue weighted by Crippen LogP contribution is 2.13. The Hall–Kier alpha value is -3.55. The SMILES string of the molecule is O=C(Cc1ccc([N+](=O)[O-])cc1)NCc1cccnc1-n1cccn1. The van der Waals surface area contributed by atoms with Crippen LogP contribution in [-0.4, -0.2) is 25.6 Å². The van der Waals surface area contributed by atoms with Gasteiger partial charge in [0.25, 0.3) is 5.69 Å². The number of aromatic nitrogens is 3. The first kappa shape index (κ1) is 16.3. The number of carbonyl (C=O) groups excluding carboxylic acids is 1. The molecule has 25 heavy (non-hydrogen) atoms. The van der Waals surface area contributed by atoms with Gasteiger partial charge >= 0.3 is 0 Å². The molecule has 0 atom stereocenters. The van der Waals surface area contributed by atoms with Crippen LogP contribution in [0.3, 0.4) is 0 Å². The summed E-state index contributed by atoms with van der Waals surface area (Å²) >= 11 is 0. The molecule has 0 bridgehead atoms. The molecule has 8 nitrogen and oxygen atoms in total. The summed E-state index contributed by atoms with van der Waals surface area (Å²) in [5.41, 5.74) is 1.55. The number of pyridine rings is 1. The maximum Gasteiger partial charge on any atom is 0.269 e. The van der Waals surface area contributed by atoms with Crippen molar-refractivity contribution in [2.75, 3.05) is 0 Å². The summed E-state index contributed by atoms with van der Waals surface area (Å²) in [4.78, 5) is 26.6. The van der Waals surface area contributed by atoms with Gasteiger partial charge in [-0.3, -0.25) is 14.9 Å². The van der Waals surface area contributed by atoms with Gasteiger partial charge in [0.05, 0.1) is 11.3 Å². The quantitative estimate of drug-likeness (QED) is 0.547. The number of nitro groups is 1. The molecule has 0 aliphatic carbocycles. The highest BCUT2D eigenvalue weighted by Gasteiger charge is 2.10. The van der Waals surface area contributed by atoms with E-state index in [-0.39, 0.29) is 18.0 Å². The Morgan fingerprint density at radius 3 is 2.64 bits per heavy atom. The van der Waals surface area contributed by atoms with Crippen molar-refractivity contribution in [2.24, 2.45) is 0 Å². The third-order valence-corrected chi connectivity index (χ3v) is 3.58. The molecule has 3 rings (SSSR count). The molecule has 2 heterocycles. The van der Waals surface area contributed by atoms with Crippen molar-refractivity contribution in [1.29, 1.82) is 0 Å². The van der Waals surface area contributed by atoms with Crippen molar-refractivity contribution in [2.45, 2.75) is 13.0 Å². The Bertz CT molecular complexity index is 876. The fourth-order valence-corrected chi connectivity index (χ4v) is 2.35. The minimum Gasteiger partial charge on any atom is -0.352 e. The van der Waals surface area contributed by atoms with Gasteiger partial charge in [0.15, 0.2) is 5.82 Å². The second-order valence-corrected chi connectivity index (χ2v) is 5.31. The van der Waals surface area contributed by atoms with Crippen LogP contribution in [0.5, 0.6) is 0 Å². The molecule has 1 aromatic carbocycles. The number of benzene rings is 1. The fourth-order valence-electron chi connectivity index (χ4n) is 2.35. The molecule has 8 heteroatoms. The smallest absolute Gasteiger partial charge is 0.269 e. The van der Waals surface area contributed by atoms with Crippen LogP contribution in [0.4, 0.5) is 5.69 Å². The van der Waals surface area contributed by atoms with E-state index in [1.807, 2.05) is 6.07 Å². The monoisotopic (exact) mass is 337 g/mol. The minimum atomic E-state index is -0.469. The van der Waals surface area contributed by atoms with Crippen LogP contribution >= 0.6 is 0 Å². The molecule has 126 valence electrons. The van der Waals surface area contributed by atoms with E-state index in [4.69, 9.17) is 0 Å². The van der Waals surface area contributed by atoms with Crippen molar-refractivity contribution < 1.29 is 9.72 Å². The second-order valence-electron chi connectivity index (χ2n) is 5.31. The lowest BCUT2D eigenvalue weighted by Crippen LogP contribution is -2.25. The molecule has 0 aliphatic rings. The van der Waals surface area contributed by atoms with E-state index < -0.39 is 4.92 Å². The number of nitrogens with one attached hydrogen (secondary N) is 1. The summed E-state index contributed by atoms with van der Waals surface area (Å²) in [7, 11) is 0. The number of carbonyl (C=O) groups is 1. The number of hydrogen-bond donors (Lipinski definition) is 1. The van der Waals surface area contributed by atoms with Crippen molar-refractivity contribution in [3.63, 3.8) is 0 Å². The van der Waals surface area contributed by atoms with Gasteiger partial charge in [0.1, 0.15) is 0 Å². The van der Waals surface area contributed by atoms with Crippen molar-refractivity contribution in [1.82, 2.24) is 20.1 Å². The van der Waals surface area contributed by atoms with Gasteiger partial charge < -0.3 is 5.32 Å². The Kier molecular flexibility index (Phi) is 4.79. The van der Waals surface area contributed by atoms with Gasteiger partial charge in [0.2, 0.25) is 5.91 Å². The molecule has 0 aliphatic heterocycles. The van der Waals surface area contributed by atoms with Crippen molar-refractivity contribution in [3.05, 3.63) is 82.3 Å². The van der Waals surface area contributed by atoms with Gasteiger partial charge in [-0.2, -0.15) is 5.10 Å². The zero-order chi connectivity index (χ0) is 17.6. The Balaban J connectivity index is 1.62. The summed E-state index contributed by atoms with van der Waals surface area (Å²) in [6.45, 7) is 0.314. The zero-order valence-electron chi connectivity index (χ0n) is 13.2. The fraction of sp³-hybridized carbons (Fsp3) is 0.118. The number of rotatable bonds is 6. The maximum absolute atomic E-state index is 12.1. The lowest BCUT2D eigenvalue weighted by atomic mass is 10.1. The van der Waals surface area contributed by atoms with Crippen LogP contribution in [0.15, 0.2) is 61.1 Å². The van der Waals surface area contributed by atoms with Gasteiger partial charge in [-0.15, -0.1) is 0 Å². The van der Waals surface area contributed by atoms with Crippen LogP contribution in [0, 0.1) is 10.1 Å². The lowest BCUT2D eigenvalue weighted by Gasteiger charge is -2.09. The molecule has 0 radical (unpaired) electrons. The lowest BCUT2D eigenvalue weighted by molar-refractivity contribution is -0.384. The number of non-ortho nitro benzene ring substituents is 1. The topological polar surface area (TPSA) is 103 Å². The van der Waals surface area contributed by atoms with Crippen LogP contribution in [0.1, 0.15) is 11.1 Å². The van der Waals surface area contributed by atoms with Crippen LogP contribution in [0.25, 0.3) is 5.82 Å². The number of nitro benzene ring substituents is 1.